The Bertz CT molecular complexity index is 309. The number of hydrogen-bond acceptors (Lipinski definition) is 2. The third-order valence-electron chi connectivity index (χ3n) is 2.77. The average Bonchev–Trinajstić information content (AvgIpc) is 2.28. The number of likely N-dealkylation sites (N-methyl/N-ethyl adjacent to an activating group) is 1. The van der Waals surface area contributed by atoms with Crippen LogP contribution < -0.4 is 5.32 Å². The highest BCUT2D eigenvalue weighted by molar-refractivity contribution is 5.33. The summed E-state index contributed by atoms with van der Waals surface area (Å²) in [5.74, 6) is 0. The standard InChI is InChI=1S/C13H21NO/c1-4-10-6-7-12(8-11(10)5-2)13(15)9-14-3/h6-8,13-15H,4-5,9H2,1-3H3. The summed E-state index contributed by atoms with van der Waals surface area (Å²) in [6, 6.07) is 6.29. The summed E-state index contributed by atoms with van der Waals surface area (Å²) in [5, 5.41) is 12.8. The molecule has 1 rings (SSSR count). The summed E-state index contributed by atoms with van der Waals surface area (Å²) in [5.41, 5.74) is 3.75. The number of aliphatic hydroxyl groups excluding tert-OH is 1. The number of hydrogen-bond donors (Lipinski definition) is 2. The molecule has 84 valence electrons. The molecule has 0 aliphatic rings. The minimum absolute atomic E-state index is 0.397. The maximum absolute atomic E-state index is 9.84. The van der Waals surface area contributed by atoms with Crippen LogP contribution in [0.1, 0.15) is 36.6 Å². The molecule has 0 spiro atoms. The molecule has 0 saturated heterocycles. The van der Waals surface area contributed by atoms with Gasteiger partial charge in [0.05, 0.1) is 6.10 Å². The molecule has 0 fully saturated rings. The second-order valence-electron chi connectivity index (χ2n) is 3.81. The molecule has 2 N–H and O–H groups in total. The van der Waals surface area contributed by atoms with E-state index >= 15 is 0 Å². The van der Waals surface area contributed by atoms with E-state index in [1.165, 1.54) is 11.1 Å². The van der Waals surface area contributed by atoms with Crippen molar-refractivity contribution in [2.75, 3.05) is 13.6 Å². The smallest absolute Gasteiger partial charge is 0.0914 e. The Hall–Kier alpha value is -0.860. The lowest BCUT2D eigenvalue weighted by atomic mass is 9.98. The van der Waals surface area contributed by atoms with Gasteiger partial charge in [0.2, 0.25) is 0 Å². The van der Waals surface area contributed by atoms with Gasteiger partial charge in [0.15, 0.2) is 0 Å². The first-order valence-corrected chi connectivity index (χ1v) is 5.67. The molecule has 2 nitrogen and oxygen atoms in total. The molecule has 1 unspecified atom stereocenters. The van der Waals surface area contributed by atoms with Crippen molar-refractivity contribution in [3.05, 3.63) is 34.9 Å². The van der Waals surface area contributed by atoms with Crippen molar-refractivity contribution >= 4 is 0 Å². The predicted molar refractivity (Wildman–Crippen MR) is 64.1 cm³/mol. The molecule has 1 atom stereocenters. The van der Waals surface area contributed by atoms with Crippen LogP contribution in [0.15, 0.2) is 18.2 Å². The maximum atomic E-state index is 9.84. The highest BCUT2D eigenvalue weighted by Crippen LogP contribution is 2.18. The normalized spacial score (nSPS) is 12.8. The van der Waals surface area contributed by atoms with Gasteiger partial charge in [0, 0.05) is 6.54 Å². The number of aryl methyl sites for hydroxylation is 2. The molecular formula is C13H21NO. The van der Waals surface area contributed by atoms with Crippen molar-refractivity contribution in [2.24, 2.45) is 0 Å². The summed E-state index contributed by atoms with van der Waals surface area (Å²) in [7, 11) is 1.85. The lowest BCUT2D eigenvalue weighted by molar-refractivity contribution is 0.177. The second kappa shape index (κ2) is 5.89. The molecule has 1 aromatic rings. The molecule has 0 aromatic heterocycles. The van der Waals surface area contributed by atoms with E-state index in [1.54, 1.807) is 0 Å². The summed E-state index contributed by atoms with van der Waals surface area (Å²) < 4.78 is 0. The fourth-order valence-electron chi connectivity index (χ4n) is 1.84. The first-order chi connectivity index (χ1) is 7.22. The zero-order valence-corrected chi connectivity index (χ0v) is 9.88. The molecule has 0 amide bonds. The predicted octanol–water partition coefficient (Wildman–Crippen LogP) is 2.06. The van der Waals surface area contributed by atoms with Gasteiger partial charge in [0.1, 0.15) is 0 Å². The largest absolute Gasteiger partial charge is 0.387 e. The van der Waals surface area contributed by atoms with Gasteiger partial charge < -0.3 is 10.4 Å². The van der Waals surface area contributed by atoms with Crippen molar-refractivity contribution < 1.29 is 5.11 Å². The highest BCUT2D eigenvalue weighted by atomic mass is 16.3. The third-order valence-corrected chi connectivity index (χ3v) is 2.77. The molecule has 1 aromatic carbocycles. The number of aliphatic hydroxyl groups is 1. The third kappa shape index (κ3) is 3.05. The van der Waals surface area contributed by atoms with Gasteiger partial charge in [-0.2, -0.15) is 0 Å². The number of benzene rings is 1. The molecule has 0 bridgehead atoms. The van der Waals surface area contributed by atoms with Crippen molar-refractivity contribution in [1.82, 2.24) is 5.32 Å². The minimum atomic E-state index is -0.397. The van der Waals surface area contributed by atoms with Crippen molar-refractivity contribution in [3.8, 4) is 0 Å². The first-order valence-electron chi connectivity index (χ1n) is 5.67. The van der Waals surface area contributed by atoms with E-state index in [9.17, 15) is 5.11 Å². The Morgan fingerprint density at radius 3 is 2.40 bits per heavy atom. The summed E-state index contributed by atoms with van der Waals surface area (Å²) >= 11 is 0. The Morgan fingerprint density at radius 2 is 1.87 bits per heavy atom. The van der Waals surface area contributed by atoms with E-state index in [0.29, 0.717) is 6.54 Å². The van der Waals surface area contributed by atoms with Crippen LogP contribution in [0, 0.1) is 0 Å². The van der Waals surface area contributed by atoms with Crippen LogP contribution in [0.25, 0.3) is 0 Å². The molecule has 15 heavy (non-hydrogen) atoms. The Kier molecular flexibility index (Phi) is 4.79. The Morgan fingerprint density at radius 1 is 1.20 bits per heavy atom. The van der Waals surface area contributed by atoms with Gasteiger partial charge in [-0.3, -0.25) is 0 Å². The number of rotatable bonds is 5. The fourth-order valence-corrected chi connectivity index (χ4v) is 1.84. The lowest BCUT2D eigenvalue weighted by Crippen LogP contribution is -2.16. The lowest BCUT2D eigenvalue weighted by Gasteiger charge is -2.13. The van der Waals surface area contributed by atoms with Crippen LogP contribution >= 0.6 is 0 Å². The fraction of sp³-hybridized carbons (Fsp3) is 0.538. The first kappa shape index (κ1) is 12.2. The van der Waals surface area contributed by atoms with Gasteiger partial charge in [-0.05, 0) is 36.6 Å². The van der Waals surface area contributed by atoms with Crippen LogP contribution in [0.4, 0.5) is 0 Å². The van der Waals surface area contributed by atoms with Crippen molar-refractivity contribution in [3.63, 3.8) is 0 Å². The highest BCUT2D eigenvalue weighted by Gasteiger charge is 2.08. The van der Waals surface area contributed by atoms with E-state index in [0.717, 1.165) is 18.4 Å². The minimum Gasteiger partial charge on any atom is -0.387 e. The van der Waals surface area contributed by atoms with Crippen molar-refractivity contribution in [1.29, 1.82) is 0 Å². The van der Waals surface area contributed by atoms with E-state index < -0.39 is 6.10 Å². The van der Waals surface area contributed by atoms with Crippen LogP contribution in [0.2, 0.25) is 0 Å². The van der Waals surface area contributed by atoms with Gasteiger partial charge in [0.25, 0.3) is 0 Å². The zero-order valence-electron chi connectivity index (χ0n) is 9.88. The van der Waals surface area contributed by atoms with Gasteiger partial charge in [-0.1, -0.05) is 32.0 Å². The van der Waals surface area contributed by atoms with Crippen LogP contribution in [-0.4, -0.2) is 18.7 Å². The van der Waals surface area contributed by atoms with Crippen LogP contribution in [-0.2, 0) is 12.8 Å². The molecule has 0 heterocycles. The molecule has 2 heteroatoms. The Balaban J connectivity index is 2.92. The van der Waals surface area contributed by atoms with Gasteiger partial charge in [-0.25, -0.2) is 0 Å². The quantitative estimate of drug-likeness (QED) is 0.774. The van der Waals surface area contributed by atoms with Crippen LogP contribution in [0.5, 0.6) is 0 Å². The van der Waals surface area contributed by atoms with Gasteiger partial charge in [-0.15, -0.1) is 0 Å². The topological polar surface area (TPSA) is 32.3 Å². The van der Waals surface area contributed by atoms with Crippen LogP contribution in [0.3, 0.4) is 0 Å². The SMILES string of the molecule is CCc1ccc(C(O)CNC)cc1CC. The average molecular weight is 207 g/mol. The molecule has 0 aliphatic heterocycles. The summed E-state index contributed by atoms with van der Waals surface area (Å²) in [6.07, 6.45) is 1.70. The molecular weight excluding hydrogens is 186 g/mol. The molecule has 0 saturated carbocycles. The van der Waals surface area contributed by atoms with E-state index in [-0.39, 0.29) is 0 Å². The van der Waals surface area contributed by atoms with Crippen molar-refractivity contribution in [2.45, 2.75) is 32.8 Å². The van der Waals surface area contributed by atoms with E-state index in [1.807, 2.05) is 13.1 Å². The monoisotopic (exact) mass is 207 g/mol. The summed E-state index contributed by atoms with van der Waals surface area (Å²) in [4.78, 5) is 0. The maximum Gasteiger partial charge on any atom is 0.0914 e. The molecule has 0 aliphatic carbocycles. The zero-order chi connectivity index (χ0) is 11.3. The van der Waals surface area contributed by atoms with Gasteiger partial charge >= 0.3 is 0 Å². The van der Waals surface area contributed by atoms with E-state index in [2.05, 4.69) is 31.3 Å². The van der Waals surface area contributed by atoms with E-state index in [4.69, 9.17) is 0 Å². The molecule has 0 radical (unpaired) electrons. The Labute approximate surface area is 92.3 Å². The number of nitrogens with one attached hydrogen (secondary N) is 1. The second-order valence-corrected chi connectivity index (χ2v) is 3.81. The summed E-state index contributed by atoms with van der Waals surface area (Å²) in [6.45, 7) is 4.93.